The molecule has 0 saturated heterocycles. The van der Waals surface area contributed by atoms with E-state index < -0.39 is 46.2 Å². The molecule has 1 N–H and O–H groups in total. The molecule has 0 amide bonds. The summed E-state index contributed by atoms with van der Waals surface area (Å²) in [4.78, 5) is 11.4. The average Bonchev–Trinajstić information content (AvgIpc) is 2.41. The number of nitrogens with one attached hydrogen (secondary N) is 1. The second kappa shape index (κ2) is 5.64. The molecule has 3 nitrogen and oxygen atoms in total. The zero-order valence-corrected chi connectivity index (χ0v) is 10.9. The molecule has 1 rings (SSSR count). The van der Waals surface area contributed by atoms with E-state index >= 15 is 0 Å². The van der Waals surface area contributed by atoms with Crippen molar-refractivity contribution in [1.29, 1.82) is 0 Å². The van der Waals surface area contributed by atoms with E-state index in [1.165, 1.54) is 13.8 Å². The molecule has 0 aromatic heterocycles. The molecule has 0 aliphatic rings. The fourth-order valence-corrected chi connectivity index (χ4v) is 1.42. The van der Waals surface area contributed by atoms with E-state index in [0.717, 1.165) is 7.11 Å². The summed E-state index contributed by atoms with van der Waals surface area (Å²) in [6, 6.07) is 0. The number of carbonyl (C=O) groups excluding carboxylic acids is 1. The van der Waals surface area contributed by atoms with E-state index in [4.69, 9.17) is 0 Å². The van der Waals surface area contributed by atoms with Gasteiger partial charge in [0.25, 0.3) is 0 Å². The highest BCUT2D eigenvalue weighted by atomic mass is 19.2. The monoisotopic (exact) mass is 297 g/mol. The van der Waals surface area contributed by atoms with Crippen LogP contribution in [-0.4, -0.2) is 19.6 Å². The predicted molar refractivity (Wildman–Crippen MR) is 60.5 cm³/mol. The molecule has 0 radical (unpaired) electrons. The molecular formula is C12H12F5NO2. The van der Waals surface area contributed by atoms with Gasteiger partial charge in [-0.25, -0.2) is 22.0 Å². The largest absolute Gasteiger partial charge is 0.469 e. The van der Waals surface area contributed by atoms with Crippen LogP contribution in [0.2, 0.25) is 0 Å². The molecule has 0 fully saturated rings. The van der Waals surface area contributed by atoms with Crippen LogP contribution >= 0.6 is 0 Å². The summed E-state index contributed by atoms with van der Waals surface area (Å²) >= 11 is 0. The number of rotatable bonds is 4. The Labute approximate surface area is 111 Å². The van der Waals surface area contributed by atoms with Gasteiger partial charge in [0, 0.05) is 6.54 Å². The van der Waals surface area contributed by atoms with Crippen LogP contribution in [0.3, 0.4) is 0 Å². The van der Waals surface area contributed by atoms with Crippen molar-refractivity contribution in [3.63, 3.8) is 0 Å². The summed E-state index contributed by atoms with van der Waals surface area (Å²) in [5, 5.41) is 2.05. The molecule has 0 heterocycles. The molecule has 112 valence electrons. The number of carbonyl (C=O) groups is 1. The van der Waals surface area contributed by atoms with Crippen molar-refractivity contribution in [1.82, 2.24) is 0 Å². The van der Waals surface area contributed by atoms with Gasteiger partial charge in [-0.1, -0.05) is 0 Å². The second-order valence-electron chi connectivity index (χ2n) is 4.67. The van der Waals surface area contributed by atoms with E-state index in [1.54, 1.807) is 0 Å². The number of esters is 1. The van der Waals surface area contributed by atoms with Crippen LogP contribution in [0.4, 0.5) is 27.6 Å². The van der Waals surface area contributed by atoms with Crippen molar-refractivity contribution in [2.24, 2.45) is 5.41 Å². The zero-order valence-electron chi connectivity index (χ0n) is 10.9. The lowest BCUT2D eigenvalue weighted by atomic mass is 9.93. The van der Waals surface area contributed by atoms with Crippen molar-refractivity contribution in [2.75, 3.05) is 19.0 Å². The van der Waals surface area contributed by atoms with Crippen LogP contribution in [0.5, 0.6) is 0 Å². The lowest BCUT2D eigenvalue weighted by molar-refractivity contribution is -0.149. The number of methoxy groups -OCH3 is 1. The van der Waals surface area contributed by atoms with E-state index in [-0.39, 0.29) is 6.54 Å². The minimum atomic E-state index is -2.24. The van der Waals surface area contributed by atoms with Gasteiger partial charge in [-0.15, -0.1) is 0 Å². The minimum absolute atomic E-state index is 0.377. The van der Waals surface area contributed by atoms with Gasteiger partial charge in [0.05, 0.1) is 12.5 Å². The first-order chi connectivity index (χ1) is 9.13. The minimum Gasteiger partial charge on any atom is -0.469 e. The normalized spacial score (nSPS) is 11.4. The standard InChI is InChI=1S/C12H12F5NO2/c1-12(2,11(19)20-3)4-18-10-8(16)6(14)5(13)7(15)9(10)17/h18H,4H2,1-3H3. The van der Waals surface area contributed by atoms with Crippen LogP contribution in [0, 0.1) is 34.5 Å². The van der Waals surface area contributed by atoms with Crippen LogP contribution in [-0.2, 0) is 9.53 Å². The molecular weight excluding hydrogens is 285 g/mol. The first-order valence-electron chi connectivity index (χ1n) is 5.47. The fraction of sp³-hybridized carbons (Fsp3) is 0.417. The third-order valence-electron chi connectivity index (χ3n) is 2.65. The van der Waals surface area contributed by atoms with Gasteiger partial charge in [0.15, 0.2) is 23.3 Å². The Kier molecular flexibility index (Phi) is 4.57. The van der Waals surface area contributed by atoms with Crippen LogP contribution in [0.15, 0.2) is 0 Å². The molecule has 1 aromatic rings. The molecule has 0 saturated carbocycles. The molecule has 0 aliphatic carbocycles. The maximum atomic E-state index is 13.4. The van der Waals surface area contributed by atoms with E-state index in [0.29, 0.717) is 0 Å². The van der Waals surface area contributed by atoms with Crippen molar-refractivity contribution >= 4 is 11.7 Å². The summed E-state index contributed by atoms with van der Waals surface area (Å²) in [5.74, 6) is -11.0. The lowest BCUT2D eigenvalue weighted by Crippen LogP contribution is -2.33. The number of hydrogen-bond acceptors (Lipinski definition) is 3. The molecule has 0 atom stereocenters. The number of ether oxygens (including phenoxy) is 1. The Hall–Kier alpha value is -1.86. The Morgan fingerprint density at radius 1 is 1.00 bits per heavy atom. The lowest BCUT2D eigenvalue weighted by Gasteiger charge is -2.22. The molecule has 20 heavy (non-hydrogen) atoms. The summed E-state index contributed by atoms with van der Waals surface area (Å²) in [6.07, 6.45) is 0. The van der Waals surface area contributed by atoms with Gasteiger partial charge < -0.3 is 10.1 Å². The SMILES string of the molecule is COC(=O)C(C)(C)CNc1c(F)c(F)c(F)c(F)c1F. The predicted octanol–water partition coefficient (Wildman–Crippen LogP) is 2.99. The Balaban J connectivity index is 3.09. The third-order valence-corrected chi connectivity index (χ3v) is 2.65. The number of hydrogen-bond donors (Lipinski definition) is 1. The molecule has 0 bridgehead atoms. The Morgan fingerprint density at radius 2 is 1.40 bits per heavy atom. The van der Waals surface area contributed by atoms with Crippen LogP contribution in [0.25, 0.3) is 0 Å². The first-order valence-corrected chi connectivity index (χ1v) is 5.47. The van der Waals surface area contributed by atoms with E-state index in [2.05, 4.69) is 4.74 Å². The van der Waals surface area contributed by atoms with Gasteiger partial charge in [-0.3, -0.25) is 4.79 Å². The second-order valence-corrected chi connectivity index (χ2v) is 4.67. The van der Waals surface area contributed by atoms with Gasteiger partial charge in [-0.2, -0.15) is 0 Å². The van der Waals surface area contributed by atoms with Gasteiger partial charge >= 0.3 is 5.97 Å². The molecule has 1 aromatic carbocycles. The quantitative estimate of drug-likeness (QED) is 0.402. The van der Waals surface area contributed by atoms with Crippen LogP contribution < -0.4 is 5.32 Å². The van der Waals surface area contributed by atoms with E-state index in [9.17, 15) is 26.7 Å². The van der Waals surface area contributed by atoms with Crippen molar-refractivity contribution in [2.45, 2.75) is 13.8 Å². The van der Waals surface area contributed by atoms with Crippen molar-refractivity contribution in [3.8, 4) is 0 Å². The highest BCUT2D eigenvalue weighted by Crippen LogP contribution is 2.28. The highest BCUT2D eigenvalue weighted by Gasteiger charge is 2.31. The molecule has 0 unspecified atom stereocenters. The van der Waals surface area contributed by atoms with Gasteiger partial charge in [0.1, 0.15) is 5.69 Å². The average molecular weight is 297 g/mol. The number of benzene rings is 1. The Morgan fingerprint density at radius 3 is 1.80 bits per heavy atom. The van der Waals surface area contributed by atoms with Crippen molar-refractivity contribution in [3.05, 3.63) is 29.1 Å². The van der Waals surface area contributed by atoms with Crippen LogP contribution in [0.1, 0.15) is 13.8 Å². The summed E-state index contributed by atoms with van der Waals surface area (Å²) < 4.78 is 69.9. The number of halogens is 5. The summed E-state index contributed by atoms with van der Waals surface area (Å²) in [7, 11) is 1.11. The van der Waals surface area contributed by atoms with Gasteiger partial charge in [-0.05, 0) is 13.8 Å². The smallest absolute Gasteiger partial charge is 0.313 e. The summed E-state index contributed by atoms with van der Waals surface area (Å²) in [5.41, 5.74) is -2.40. The highest BCUT2D eigenvalue weighted by molar-refractivity contribution is 5.76. The maximum absolute atomic E-state index is 13.4. The first kappa shape index (κ1) is 16.2. The molecule has 0 aliphatic heterocycles. The maximum Gasteiger partial charge on any atom is 0.313 e. The Bertz CT molecular complexity index is 516. The van der Waals surface area contributed by atoms with E-state index in [1.807, 2.05) is 5.32 Å². The van der Waals surface area contributed by atoms with Gasteiger partial charge in [0.2, 0.25) is 5.82 Å². The summed E-state index contributed by atoms with van der Waals surface area (Å²) in [6.45, 7) is 2.40. The fourth-order valence-electron chi connectivity index (χ4n) is 1.42. The zero-order chi connectivity index (χ0) is 15.7. The molecule has 0 spiro atoms. The topological polar surface area (TPSA) is 38.3 Å². The third kappa shape index (κ3) is 2.83. The number of anilines is 1. The van der Waals surface area contributed by atoms with Crippen molar-refractivity contribution < 1.29 is 31.5 Å². The molecule has 8 heteroatoms.